The van der Waals surface area contributed by atoms with E-state index >= 15 is 0 Å². The maximum Gasteiger partial charge on any atom is 0.176 e. The minimum atomic E-state index is 0.756. The van der Waals surface area contributed by atoms with E-state index in [1.807, 2.05) is 12.1 Å². The average Bonchev–Trinajstić information content (AvgIpc) is 2.89. The van der Waals surface area contributed by atoms with Crippen molar-refractivity contribution < 1.29 is 9.15 Å². The molecule has 2 aromatic rings. The molecule has 3 saturated carbocycles. The topological polar surface area (TPSA) is 34.4 Å². The normalized spacial score (nSPS) is 36.1. The lowest BCUT2D eigenvalue weighted by atomic mass is 10.0. The number of rotatable bonds is 4. The molecule has 1 heterocycles. The second-order valence-corrected chi connectivity index (χ2v) is 6.99. The maximum atomic E-state index is 5.97. The maximum absolute atomic E-state index is 5.97. The van der Waals surface area contributed by atoms with Crippen molar-refractivity contribution in [2.45, 2.75) is 31.8 Å². The fourth-order valence-electron chi connectivity index (χ4n) is 5.15. The van der Waals surface area contributed by atoms with Gasteiger partial charge >= 0.3 is 0 Å². The highest BCUT2D eigenvalue weighted by atomic mass is 16.5. The average molecular weight is 283 g/mol. The highest BCUT2D eigenvalue weighted by Gasteiger charge is 2.64. The molecule has 2 bridgehead atoms. The predicted molar refractivity (Wildman–Crippen MR) is 81.2 cm³/mol. The highest BCUT2D eigenvalue weighted by molar-refractivity contribution is 5.83. The van der Waals surface area contributed by atoms with E-state index in [0.29, 0.717) is 0 Å². The van der Waals surface area contributed by atoms with Gasteiger partial charge in [0.2, 0.25) is 0 Å². The van der Waals surface area contributed by atoms with Crippen LogP contribution in [0.5, 0.6) is 5.75 Å². The Morgan fingerprint density at radius 1 is 1.24 bits per heavy atom. The molecule has 3 heteroatoms. The minimum Gasteiger partial charge on any atom is -0.493 e. The molecule has 21 heavy (non-hydrogen) atoms. The molecule has 4 atom stereocenters. The van der Waals surface area contributed by atoms with Gasteiger partial charge in [0.25, 0.3) is 0 Å². The zero-order valence-corrected chi connectivity index (χ0v) is 12.3. The third kappa shape index (κ3) is 1.70. The first-order chi connectivity index (χ1) is 10.3. The molecule has 0 aliphatic heterocycles. The molecule has 1 aromatic carbocycles. The van der Waals surface area contributed by atoms with Crippen LogP contribution in [0, 0.1) is 23.7 Å². The third-order valence-electron chi connectivity index (χ3n) is 6.03. The molecular formula is C18H21NO2. The van der Waals surface area contributed by atoms with Gasteiger partial charge in [0, 0.05) is 11.4 Å². The van der Waals surface area contributed by atoms with Crippen LogP contribution in [0.1, 0.15) is 25.0 Å². The first-order valence-corrected chi connectivity index (χ1v) is 8.14. The smallest absolute Gasteiger partial charge is 0.176 e. The second-order valence-electron chi connectivity index (χ2n) is 6.99. The summed E-state index contributed by atoms with van der Waals surface area (Å²) in [6, 6.07) is 8.93. The van der Waals surface area contributed by atoms with E-state index in [0.717, 1.165) is 58.7 Å². The van der Waals surface area contributed by atoms with E-state index in [4.69, 9.17) is 9.15 Å². The van der Waals surface area contributed by atoms with E-state index < -0.39 is 0 Å². The third-order valence-corrected chi connectivity index (χ3v) is 6.03. The monoisotopic (exact) mass is 283 g/mol. The van der Waals surface area contributed by atoms with E-state index in [9.17, 15) is 0 Å². The number of hydrogen-bond acceptors (Lipinski definition) is 3. The van der Waals surface area contributed by atoms with Crippen LogP contribution in [0.25, 0.3) is 11.0 Å². The number of para-hydroxylation sites is 1. The van der Waals surface area contributed by atoms with E-state index in [1.165, 1.54) is 19.3 Å². The Kier molecular flexibility index (Phi) is 2.46. The molecule has 4 unspecified atom stereocenters. The summed E-state index contributed by atoms with van der Waals surface area (Å²) in [6.45, 7) is 0.842. The molecule has 0 spiro atoms. The van der Waals surface area contributed by atoms with Crippen molar-refractivity contribution in [2.24, 2.45) is 23.7 Å². The SMILES string of the molecule is COc1cccc2cc(CNC3C4C5CCC(C5)C34)oc12. The van der Waals surface area contributed by atoms with Crippen LogP contribution in [0.15, 0.2) is 28.7 Å². The molecule has 3 nitrogen and oxygen atoms in total. The summed E-state index contributed by atoms with van der Waals surface area (Å²) in [6.07, 6.45) is 4.47. The minimum absolute atomic E-state index is 0.756. The Morgan fingerprint density at radius 2 is 2.05 bits per heavy atom. The lowest BCUT2D eigenvalue weighted by Crippen LogP contribution is -2.22. The number of fused-ring (bicyclic) bond motifs is 6. The fraction of sp³-hybridized carbons (Fsp3) is 0.556. The van der Waals surface area contributed by atoms with Crippen molar-refractivity contribution in [3.05, 3.63) is 30.0 Å². The van der Waals surface area contributed by atoms with Crippen molar-refractivity contribution in [3.63, 3.8) is 0 Å². The summed E-state index contributed by atoms with van der Waals surface area (Å²) in [5.41, 5.74) is 0.868. The van der Waals surface area contributed by atoms with Crippen LogP contribution >= 0.6 is 0 Å². The molecule has 1 N–H and O–H groups in total. The Morgan fingerprint density at radius 3 is 2.81 bits per heavy atom. The number of furan rings is 1. The molecule has 3 aliphatic rings. The number of nitrogens with one attached hydrogen (secondary N) is 1. The van der Waals surface area contributed by atoms with Gasteiger partial charge in [0.05, 0.1) is 13.7 Å². The standard InChI is InChI=1S/C18H21NO2/c1-20-14-4-2-3-12-8-13(21-18(12)14)9-19-17-15-10-5-6-11(7-10)16(15)17/h2-4,8,10-11,15-17,19H,5-7,9H2,1H3. The van der Waals surface area contributed by atoms with Gasteiger partial charge in [-0.25, -0.2) is 0 Å². The number of methoxy groups -OCH3 is 1. The van der Waals surface area contributed by atoms with Crippen LogP contribution in [0.2, 0.25) is 0 Å². The fourth-order valence-corrected chi connectivity index (χ4v) is 5.15. The zero-order valence-electron chi connectivity index (χ0n) is 12.3. The summed E-state index contributed by atoms with van der Waals surface area (Å²) in [4.78, 5) is 0. The molecule has 5 rings (SSSR count). The van der Waals surface area contributed by atoms with Crippen LogP contribution in [-0.4, -0.2) is 13.2 Å². The van der Waals surface area contributed by atoms with Crippen LogP contribution in [0.4, 0.5) is 0 Å². The van der Waals surface area contributed by atoms with Gasteiger partial charge < -0.3 is 14.5 Å². The van der Waals surface area contributed by atoms with Gasteiger partial charge in [-0.1, -0.05) is 12.1 Å². The highest BCUT2D eigenvalue weighted by Crippen LogP contribution is 2.65. The Hall–Kier alpha value is -1.48. The predicted octanol–water partition coefficient (Wildman–Crippen LogP) is 3.58. The molecule has 3 aliphatic carbocycles. The number of benzene rings is 1. The Balaban J connectivity index is 1.31. The van der Waals surface area contributed by atoms with E-state index in [-0.39, 0.29) is 0 Å². The first kappa shape index (κ1) is 12.1. The summed E-state index contributed by atoms with van der Waals surface area (Å²) in [5.74, 6) is 5.83. The number of hydrogen-bond donors (Lipinski definition) is 1. The first-order valence-electron chi connectivity index (χ1n) is 8.14. The van der Waals surface area contributed by atoms with Gasteiger partial charge in [-0.2, -0.15) is 0 Å². The van der Waals surface area contributed by atoms with Gasteiger partial charge in [-0.3, -0.25) is 0 Å². The van der Waals surface area contributed by atoms with Gasteiger partial charge in [-0.15, -0.1) is 0 Å². The lowest BCUT2D eigenvalue weighted by molar-refractivity contribution is 0.403. The molecular weight excluding hydrogens is 262 g/mol. The van der Waals surface area contributed by atoms with Crippen molar-refractivity contribution >= 4 is 11.0 Å². The van der Waals surface area contributed by atoms with Crippen molar-refractivity contribution in [3.8, 4) is 5.75 Å². The largest absolute Gasteiger partial charge is 0.493 e. The molecule has 0 saturated heterocycles. The Labute approximate surface area is 124 Å². The molecule has 0 amide bonds. The van der Waals surface area contributed by atoms with Crippen molar-refractivity contribution in [1.82, 2.24) is 5.32 Å². The second kappa shape index (κ2) is 4.26. The van der Waals surface area contributed by atoms with E-state index in [1.54, 1.807) is 7.11 Å². The summed E-state index contributed by atoms with van der Waals surface area (Å²) < 4.78 is 11.3. The summed E-state index contributed by atoms with van der Waals surface area (Å²) >= 11 is 0. The van der Waals surface area contributed by atoms with E-state index in [2.05, 4.69) is 17.4 Å². The van der Waals surface area contributed by atoms with Crippen molar-refractivity contribution in [2.75, 3.05) is 7.11 Å². The quantitative estimate of drug-likeness (QED) is 0.931. The molecule has 3 fully saturated rings. The van der Waals surface area contributed by atoms with Gasteiger partial charge in [0.15, 0.2) is 11.3 Å². The van der Waals surface area contributed by atoms with Crippen molar-refractivity contribution in [1.29, 1.82) is 0 Å². The van der Waals surface area contributed by atoms with Crippen LogP contribution < -0.4 is 10.1 Å². The lowest BCUT2D eigenvalue weighted by Gasteiger charge is -2.09. The van der Waals surface area contributed by atoms with Crippen LogP contribution in [-0.2, 0) is 6.54 Å². The van der Waals surface area contributed by atoms with Gasteiger partial charge in [0.1, 0.15) is 5.76 Å². The molecule has 0 radical (unpaired) electrons. The zero-order chi connectivity index (χ0) is 14.0. The number of ether oxygens (including phenoxy) is 1. The Bertz CT molecular complexity index is 676. The summed E-state index contributed by atoms with van der Waals surface area (Å²) in [5, 5.41) is 4.87. The molecule has 110 valence electrons. The van der Waals surface area contributed by atoms with Crippen LogP contribution in [0.3, 0.4) is 0 Å². The molecule has 1 aromatic heterocycles. The summed E-state index contributed by atoms with van der Waals surface area (Å²) in [7, 11) is 1.69. The van der Waals surface area contributed by atoms with Gasteiger partial charge in [-0.05, 0) is 55.1 Å².